The molecule has 0 saturated carbocycles. The summed E-state index contributed by atoms with van der Waals surface area (Å²) < 4.78 is 8.45. The van der Waals surface area contributed by atoms with Crippen molar-refractivity contribution in [3.05, 3.63) is 133 Å². The second-order valence-electron chi connectivity index (χ2n) is 9.03. The molecule has 1 aliphatic carbocycles. The highest BCUT2D eigenvalue weighted by atomic mass is 16.5. The van der Waals surface area contributed by atoms with E-state index in [1.807, 2.05) is 72.8 Å². The topological polar surface area (TPSA) is 82.3 Å². The van der Waals surface area contributed by atoms with Crippen LogP contribution in [0.1, 0.15) is 38.5 Å². The number of nitrogens with one attached hydrogen (secondary N) is 1. The van der Waals surface area contributed by atoms with Gasteiger partial charge in [-0.05, 0) is 23.3 Å². The van der Waals surface area contributed by atoms with Gasteiger partial charge in [-0.15, -0.1) is 0 Å². The van der Waals surface area contributed by atoms with Gasteiger partial charge < -0.3 is 10.1 Å². The Morgan fingerprint density at radius 2 is 1.47 bits per heavy atom. The molecule has 7 heteroatoms. The van der Waals surface area contributed by atoms with Gasteiger partial charge in [0.05, 0.1) is 11.3 Å². The molecule has 1 atom stereocenters. The van der Waals surface area contributed by atoms with Crippen molar-refractivity contribution in [2.24, 2.45) is 14.1 Å². The van der Waals surface area contributed by atoms with Crippen LogP contribution in [-0.2, 0) is 20.7 Å². The number of Topliss-reactive ketones (excluding diaryl/α,β-unsaturated/α-hetero) is 1. The predicted molar refractivity (Wildman–Crippen MR) is 137 cm³/mol. The van der Waals surface area contributed by atoms with Crippen molar-refractivity contribution in [3.8, 4) is 5.75 Å². The van der Waals surface area contributed by atoms with Gasteiger partial charge in [0.2, 0.25) is 0 Å². The Bertz CT molecular complexity index is 1680. The van der Waals surface area contributed by atoms with Crippen LogP contribution >= 0.6 is 0 Å². The Morgan fingerprint density at radius 1 is 0.806 bits per heavy atom. The summed E-state index contributed by atoms with van der Waals surface area (Å²) in [7, 11) is 3.08. The Hall–Kier alpha value is -4.65. The van der Waals surface area contributed by atoms with Crippen molar-refractivity contribution in [2.75, 3.05) is 5.32 Å². The molecule has 4 aromatic rings. The molecule has 0 unspecified atom stereocenters. The Morgan fingerprint density at radius 3 is 2.19 bits per heavy atom. The summed E-state index contributed by atoms with van der Waals surface area (Å²) in [6.45, 7) is 0.433. The van der Waals surface area contributed by atoms with E-state index < -0.39 is 17.2 Å². The lowest BCUT2D eigenvalue weighted by Gasteiger charge is -2.29. The molecule has 1 aromatic heterocycles. The number of hydrogen-bond donors (Lipinski definition) is 1. The number of rotatable bonds is 4. The first kappa shape index (κ1) is 21.9. The highest BCUT2D eigenvalue weighted by Gasteiger charge is 2.42. The molecule has 0 saturated heterocycles. The Balaban J connectivity index is 1.47. The van der Waals surface area contributed by atoms with Crippen LogP contribution < -0.4 is 21.3 Å². The fourth-order valence-corrected chi connectivity index (χ4v) is 5.09. The van der Waals surface area contributed by atoms with Gasteiger partial charge in [-0.1, -0.05) is 66.7 Å². The lowest BCUT2D eigenvalue weighted by Crippen LogP contribution is -2.42. The fourth-order valence-electron chi connectivity index (χ4n) is 5.09. The van der Waals surface area contributed by atoms with Crippen LogP contribution in [0.4, 0.5) is 5.82 Å². The molecular weight excluding hydrogens is 454 g/mol. The number of carbonyl (C=O) groups is 1. The minimum absolute atomic E-state index is 0.121. The summed E-state index contributed by atoms with van der Waals surface area (Å²) >= 11 is 0. The molecule has 36 heavy (non-hydrogen) atoms. The molecule has 1 N–H and O–H groups in total. The van der Waals surface area contributed by atoms with Gasteiger partial charge in [-0.25, -0.2) is 4.79 Å². The smallest absolute Gasteiger partial charge is 0.332 e. The van der Waals surface area contributed by atoms with Gasteiger partial charge in [0.25, 0.3) is 5.56 Å². The lowest BCUT2D eigenvalue weighted by molar-refractivity contribution is 0.103. The summed E-state index contributed by atoms with van der Waals surface area (Å²) in [5, 5.41) is 3.26. The molecule has 0 fully saturated rings. The number of anilines is 1. The molecular formula is C29H23N3O4. The van der Waals surface area contributed by atoms with Crippen molar-refractivity contribution >= 4 is 17.3 Å². The molecule has 2 aliphatic rings. The molecule has 6 rings (SSSR count). The number of hydrogen-bond acceptors (Lipinski definition) is 5. The quantitative estimate of drug-likeness (QED) is 0.483. The highest BCUT2D eigenvalue weighted by Crippen LogP contribution is 2.47. The minimum atomic E-state index is -0.634. The second-order valence-corrected chi connectivity index (χ2v) is 9.03. The molecule has 1 aliphatic heterocycles. The average Bonchev–Trinajstić information content (AvgIpc) is 3.21. The van der Waals surface area contributed by atoms with Crippen LogP contribution in [0.15, 0.2) is 94.0 Å². The standard InChI is InChI=1S/C29H23N3O4/c1-31-27-24(28(34)32(2)29(31)35)22(23-25(30-27)20-10-6-7-11-21(20)26(23)33)18-12-14-19(15-13-18)36-16-17-8-4-3-5-9-17/h3-15,22,30H,16H2,1-2H3/t22-/m0/s1. The normalized spacial score (nSPS) is 15.7. The van der Waals surface area contributed by atoms with Gasteiger partial charge in [-0.3, -0.25) is 18.7 Å². The molecule has 2 heterocycles. The third-order valence-corrected chi connectivity index (χ3v) is 6.94. The molecule has 0 radical (unpaired) electrons. The van der Waals surface area contributed by atoms with E-state index in [-0.39, 0.29) is 5.78 Å². The maximum atomic E-state index is 13.6. The highest BCUT2D eigenvalue weighted by molar-refractivity contribution is 6.23. The number of ketones is 1. The van der Waals surface area contributed by atoms with Crippen LogP contribution in [0.25, 0.3) is 5.70 Å². The number of nitrogens with zero attached hydrogens (tertiary/aromatic N) is 2. The van der Waals surface area contributed by atoms with E-state index in [0.717, 1.165) is 21.3 Å². The van der Waals surface area contributed by atoms with Gasteiger partial charge >= 0.3 is 5.69 Å². The van der Waals surface area contributed by atoms with Crippen LogP contribution in [0.5, 0.6) is 5.75 Å². The van der Waals surface area contributed by atoms with Crippen LogP contribution in [0.2, 0.25) is 0 Å². The van der Waals surface area contributed by atoms with Crippen molar-refractivity contribution in [3.63, 3.8) is 0 Å². The van der Waals surface area contributed by atoms with Crippen molar-refractivity contribution in [1.29, 1.82) is 0 Å². The Kier molecular flexibility index (Phi) is 5.00. The van der Waals surface area contributed by atoms with E-state index in [2.05, 4.69) is 5.32 Å². The van der Waals surface area contributed by atoms with E-state index in [1.54, 1.807) is 13.1 Å². The van der Waals surface area contributed by atoms with Crippen molar-refractivity contribution in [1.82, 2.24) is 9.13 Å². The zero-order chi connectivity index (χ0) is 25.0. The van der Waals surface area contributed by atoms with E-state index in [4.69, 9.17) is 4.74 Å². The Labute approximate surface area is 206 Å². The SMILES string of the molecule is Cn1c2c(c(=O)n(C)c1=O)[C@@H](c1ccc(OCc3ccccc3)cc1)C1=C(N2)c2ccccc2C1=O. The second kappa shape index (κ2) is 8.23. The van der Waals surface area contributed by atoms with E-state index >= 15 is 0 Å². The van der Waals surface area contributed by atoms with Crippen LogP contribution in [0, 0.1) is 0 Å². The summed E-state index contributed by atoms with van der Waals surface area (Å²) in [4.78, 5) is 39.7. The number of ether oxygens (including phenoxy) is 1. The summed E-state index contributed by atoms with van der Waals surface area (Å²) in [5.41, 5.74) is 3.84. The molecule has 7 nitrogen and oxygen atoms in total. The largest absolute Gasteiger partial charge is 0.489 e. The molecule has 178 valence electrons. The number of allylic oxidation sites excluding steroid dienone is 1. The number of aromatic nitrogens is 2. The minimum Gasteiger partial charge on any atom is -0.489 e. The van der Waals surface area contributed by atoms with Crippen molar-refractivity contribution in [2.45, 2.75) is 12.5 Å². The number of carbonyl (C=O) groups excluding carboxylic acids is 1. The first-order valence-electron chi connectivity index (χ1n) is 11.7. The van der Waals surface area contributed by atoms with E-state index in [0.29, 0.717) is 40.6 Å². The average molecular weight is 478 g/mol. The zero-order valence-corrected chi connectivity index (χ0v) is 19.8. The van der Waals surface area contributed by atoms with Gasteiger partial charge in [0, 0.05) is 36.7 Å². The number of benzene rings is 3. The van der Waals surface area contributed by atoms with Gasteiger partial charge in [0.1, 0.15) is 18.2 Å². The first-order valence-corrected chi connectivity index (χ1v) is 11.7. The fraction of sp³-hybridized carbons (Fsp3) is 0.138. The van der Waals surface area contributed by atoms with Gasteiger partial charge in [0.15, 0.2) is 5.78 Å². The van der Waals surface area contributed by atoms with Crippen molar-refractivity contribution < 1.29 is 9.53 Å². The lowest BCUT2D eigenvalue weighted by atomic mass is 9.81. The zero-order valence-electron chi connectivity index (χ0n) is 19.8. The molecule has 0 spiro atoms. The maximum Gasteiger partial charge on any atom is 0.332 e. The maximum absolute atomic E-state index is 13.6. The molecule has 3 aromatic carbocycles. The molecule has 0 amide bonds. The summed E-state index contributed by atoms with van der Waals surface area (Å²) in [6.07, 6.45) is 0. The van der Waals surface area contributed by atoms with Gasteiger partial charge in [-0.2, -0.15) is 0 Å². The predicted octanol–water partition coefficient (Wildman–Crippen LogP) is 3.83. The van der Waals surface area contributed by atoms with Crippen LogP contribution in [-0.4, -0.2) is 14.9 Å². The third kappa shape index (κ3) is 3.24. The van der Waals surface area contributed by atoms with E-state index in [1.165, 1.54) is 11.6 Å². The van der Waals surface area contributed by atoms with Crippen LogP contribution in [0.3, 0.4) is 0 Å². The first-order chi connectivity index (χ1) is 17.5. The van der Waals surface area contributed by atoms with E-state index in [9.17, 15) is 14.4 Å². The summed E-state index contributed by atoms with van der Waals surface area (Å²) in [5.74, 6) is 0.329. The molecule has 0 bridgehead atoms. The number of fused-ring (bicyclic) bond motifs is 3. The summed E-state index contributed by atoms with van der Waals surface area (Å²) in [6, 6.07) is 24.7. The third-order valence-electron chi connectivity index (χ3n) is 6.94. The monoisotopic (exact) mass is 477 g/mol.